The number of nitrogens with two attached hydrogens (primary N) is 1. The molecule has 15 heavy (non-hydrogen) atoms. The molecule has 0 saturated heterocycles. The van der Waals surface area contributed by atoms with E-state index in [9.17, 15) is 9.59 Å². The minimum absolute atomic E-state index is 0.230. The van der Waals surface area contributed by atoms with Crippen molar-refractivity contribution in [3.63, 3.8) is 0 Å². The first-order chi connectivity index (χ1) is 7.09. The topological polar surface area (TPSA) is 100 Å². The molecule has 1 aromatic heterocycles. The standard InChI is InChI=1S/C8H11BrN4O2/c9-5-3-6(13-4-5)7(14)11-1-2-12-8(10)15/h3-4,13H,1-2H2,(H,11,14)(H3,10,12,15). The van der Waals surface area contributed by atoms with Crippen molar-refractivity contribution in [2.75, 3.05) is 13.1 Å². The zero-order valence-electron chi connectivity index (χ0n) is 7.84. The molecule has 0 aliphatic carbocycles. The van der Waals surface area contributed by atoms with Crippen molar-refractivity contribution in [3.05, 3.63) is 22.4 Å². The van der Waals surface area contributed by atoms with Gasteiger partial charge in [0.15, 0.2) is 0 Å². The number of rotatable bonds is 4. The van der Waals surface area contributed by atoms with Crippen molar-refractivity contribution in [2.24, 2.45) is 5.73 Å². The molecule has 0 fully saturated rings. The SMILES string of the molecule is NC(=O)NCCNC(=O)c1cc(Br)c[nH]1. The molecule has 0 saturated carbocycles. The van der Waals surface area contributed by atoms with E-state index < -0.39 is 6.03 Å². The fourth-order valence-electron chi connectivity index (χ4n) is 0.956. The van der Waals surface area contributed by atoms with Gasteiger partial charge in [0.25, 0.3) is 5.91 Å². The Hall–Kier alpha value is -1.50. The number of nitrogens with one attached hydrogen (secondary N) is 3. The number of aromatic nitrogens is 1. The number of carbonyl (C=O) groups excluding carboxylic acids is 2. The third kappa shape index (κ3) is 4.03. The molecule has 5 N–H and O–H groups in total. The molecule has 0 radical (unpaired) electrons. The van der Waals surface area contributed by atoms with E-state index in [1.54, 1.807) is 12.3 Å². The third-order valence-electron chi connectivity index (χ3n) is 1.60. The van der Waals surface area contributed by atoms with Gasteiger partial charge in [-0.25, -0.2) is 4.79 Å². The van der Waals surface area contributed by atoms with Gasteiger partial charge in [-0.3, -0.25) is 4.79 Å². The van der Waals surface area contributed by atoms with Crippen molar-refractivity contribution in [3.8, 4) is 0 Å². The minimum Gasteiger partial charge on any atom is -0.356 e. The van der Waals surface area contributed by atoms with E-state index in [2.05, 4.69) is 31.5 Å². The Labute approximate surface area is 94.7 Å². The summed E-state index contributed by atoms with van der Waals surface area (Å²) in [5.41, 5.74) is 5.31. The van der Waals surface area contributed by atoms with Crippen LogP contribution in [0.1, 0.15) is 10.5 Å². The summed E-state index contributed by atoms with van der Waals surface area (Å²) in [6.07, 6.45) is 1.66. The van der Waals surface area contributed by atoms with Gasteiger partial charge in [0.2, 0.25) is 0 Å². The van der Waals surface area contributed by atoms with Gasteiger partial charge in [0, 0.05) is 23.8 Å². The molecule has 0 bridgehead atoms. The van der Waals surface area contributed by atoms with Crippen LogP contribution in [-0.2, 0) is 0 Å². The molecule has 7 heteroatoms. The van der Waals surface area contributed by atoms with Crippen molar-refractivity contribution in [2.45, 2.75) is 0 Å². The molecule has 0 aliphatic rings. The first-order valence-corrected chi connectivity index (χ1v) is 5.04. The van der Waals surface area contributed by atoms with E-state index in [4.69, 9.17) is 5.73 Å². The molecular weight excluding hydrogens is 264 g/mol. The maximum atomic E-state index is 11.4. The van der Waals surface area contributed by atoms with Crippen molar-refractivity contribution in [1.82, 2.24) is 15.6 Å². The van der Waals surface area contributed by atoms with Gasteiger partial charge in [-0.15, -0.1) is 0 Å². The van der Waals surface area contributed by atoms with E-state index in [1.807, 2.05) is 0 Å². The number of primary amides is 1. The molecule has 6 nitrogen and oxygen atoms in total. The summed E-state index contributed by atoms with van der Waals surface area (Å²) in [5.74, 6) is -0.230. The van der Waals surface area contributed by atoms with Crippen LogP contribution >= 0.6 is 15.9 Å². The molecule has 1 aromatic rings. The summed E-state index contributed by atoms with van der Waals surface area (Å²) in [4.78, 5) is 24.5. The third-order valence-corrected chi connectivity index (χ3v) is 2.06. The van der Waals surface area contributed by atoms with Crippen LogP contribution < -0.4 is 16.4 Å². The molecule has 3 amide bonds. The maximum absolute atomic E-state index is 11.4. The zero-order chi connectivity index (χ0) is 11.3. The van der Waals surface area contributed by atoms with Gasteiger partial charge in [-0.05, 0) is 22.0 Å². The van der Waals surface area contributed by atoms with Crippen LogP contribution in [0.15, 0.2) is 16.7 Å². The molecular formula is C8H11BrN4O2. The van der Waals surface area contributed by atoms with Crippen LogP contribution in [0.4, 0.5) is 4.79 Å². The molecule has 0 spiro atoms. The second-order valence-corrected chi connectivity index (χ2v) is 3.69. The molecule has 82 valence electrons. The van der Waals surface area contributed by atoms with Gasteiger partial charge in [-0.1, -0.05) is 0 Å². The van der Waals surface area contributed by atoms with Crippen LogP contribution in [0.25, 0.3) is 0 Å². The number of amides is 3. The number of H-pyrrole nitrogens is 1. The summed E-state index contributed by atoms with van der Waals surface area (Å²) < 4.78 is 0.808. The number of hydrogen-bond donors (Lipinski definition) is 4. The lowest BCUT2D eigenvalue weighted by Gasteiger charge is -2.03. The molecule has 1 heterocycles. The Morgan fingerprint density at radius 3 is 2.60 bits per heavy atom. The maximum Gasteiger partial charge on any atom is 0.312 e. The Balaban J connectivity index is 2.28. The highest BCUT2D eigenvalue weighted by molar-refractivity contribution is 9.10. The molecule has 0 unspecified atom stereocenters. The Morgan fingerprint density at radius 1 is 1.40 bits per heavy atom. The predicted molar refractivity (Wildman–Crippen MR) is 58.4 cm³/mol. The van der Waals surface area contributed by atoms with Gasteiger partial charge < -0.3 is 21.4 Å². The summed E-state index contributed by atoms with van der Waals surface area (Å²) in [6, 6.07) is 1.06. The minimum atomic E-state index is -0.605. The van der Waals surface area contributed by atoms with Gasteiger partial charge in [-0.2, -0.15) is 0 Å². The lowest BCUT2D eigenvalue weighted by Crippen LogP contribution is -2.37. The highest BCUT2D eigenvalue weighted by Gasteiger charge is 2.06. The Kier molecular flexibility index (Phi) is 4.17. The van der Waals surface area contributed by atoms with Crippen LogP contribution in [0.5, 0.6) is 0 Å². The van der Waals surface area contributed by atoms with Gasteiger partial charge in [0.1, 0.15) is 5.69 Å². The monoisotopic (exact) mass is 274 g/mol. The first kappa shape index (κ1) is 11.6. The predicted octanol–water partition coefficient (Wildman–Crippen LogP) is 0.175. The highest BCUT2D eigenvalue weighted by Crippen LogP contribution is 2.09. The summed E-state index contributed by atoms with van der Waals surface area (Å²) in [7, 11) is 0. The van der Waals surface area contributed by atoms with Crippen LogP contribution in [0.2, 0.25) is 0 Å². The molecule has 0 aromatic carbocycles. The first-order valence-electron chi connectivity index (χ1n) is 4.25. The van der Waals surface area contributed by atoms with Gasteiger partial charge in [0.05, 0.1) is 0 Å². The average Bonchev–Trinajstić information content (AvgIpc) is 2.59. The number of halogens is 1. The number of hydrogen-bond acceptors (Lipinski definition) is 2. The lowest BCUT2D eigenvalue weighted by atomic mass is 10.4. The molecule has 1 rings (SSSR count). The smallest absolute Gasteiger partial charge is 0.312 e. The normalized spacial score (nSPS) is 9.67. The van der Waals surface area contributed by atoms with Crippen molar-refractivity contribution < 1.29 is 9.59 Å². The van der Waals surface area contributed by atoms with E-state index in [0.717, 1.165) is 4.47 Å². The second-order valence-electron chi connectivity index (χ2n) is 2.78. The number of urea groups is 1. The lowest BCUT2D eigenvalue weighted by molar-refractivity contribution is 0.0949. The Bertz CT molecular complexity index is 363. The summed E-state index contributed by atoms with van der Waals surface area (Å²) in [6.45, 7) is 0.640. The average molecular weight is 275 g/mol. The van der Waals surface area contributed by atoms with Crippen LogP contribution in [0.3, 0.4) is 0 Å². The van der Waals surface area contributed by atoms with E-state index >= 15 is 0 Å². The molecule has 0 aliphatic heterocycles. The largest absolute Gasteiger partial charge is 0.356 e. The van der Waals surface area contributed by atoms with Crippen LogP contribution in [-0.4, -0.2) is 30.0 Å². The fraction of sp³-hybridized carbons (Fsp3) is 0.250. The fourth-order valence-corrected chi connectivity index (χ4v) is 1.30. The van der Waals surface area contributed by atoms with E-state index in [-0.39, 0.29) is 5.91 Å². The van der Waals surface area contributed by atoms with Crippen LogP contribution in [0, 0.1) is 0 Å². The van der Waals surface area contributed by atoms with Gasteiger partial charge >= 0.3 is 6.03 Å². The van der Waals surface area contributed by atoms with E-state index in [1.165, 1.54) is 0 Å². The Morgan fingerprint density at radius 2 is 2.07 bits per heavy atom. The summed E-state index contributed by atoms with van der Waals surface area (Å²) in [5, 5.41) is 4.97. The summed E-state index contributed by atoms with van der Waals surface area (Å²) >= 11 is 3.22. The van der Waals surface area contributed by atoms with Crippen molar-refractivity contribution >= 4 is 27.9 Å². The number of aromatic amines is 1. The number of carbonyl (C=O) groups is 2. The second kappa shape index (κ2) is 5.40. The quantitative estimate of drug-likeness (QED) is 0.589. The highest BCUT2D eigenvalue weighted by atomic mass is 79.9. The van der Waals surface area contributed by atoms with E-state index in [0.29, 0.717) is 18.8 Å². The van der Waals surface area contributed by atoms with Crippen molar-refractivity contribution in [1.29, 1.82) is 0 Å². The zero-order valence-corrected chi connectivity index (χ0v) is 9.43. The molecule has 0 atom stereocenters.